The number of hydrogen-bond donors (Lipinski definition) is 1. The van der Waals surface area contributed by atoms with Crippen molar-refractivity contribution >= 4 is 51.1 Å². The molecule has 0 radical (unpaired) electrons. The lowest BCUT2D eigenvalue weighted by molar-refractivity contribution is -0.117. The second-order valence-corrected chi connectivity index (χ2v) is 7.64. The molecule has 4 aromatic carbocycles. The van der Waals surface area contributed by atoms with Crippen molar-refractivity contribution in [2.45, 2.75) is 6.92 Å². The number of nitrogens with one attached hydrogen (secondary N) is 1. The second kappa shape index (κ2) is 8.24. The molecule has 6 nitrogen and oxygen atoms in total. The van der Waals surface area contributed by atoms with Crippen LogP contribution in [0.1, 0.15) is 22.8 Å². The highest BCUT2D eigenvalue weighted by molar-refractivity contribution is 6.32. The van der Waals surface area contributed by atoms with Crippen LogP contribution in [0.4, 0.5) is 5.69 Å². The number of esters is 1. The predicted molar refractivity (Wildman–Crippen MR) is 127 cm³/mol. The van der Waals surface area contributed by atoms with Gasteiger partial charge in [0.1, 0.15) is 5.57 Å². The molecule has 2 amide bonds. The normalized spacial score (nSPS) is 14.8. The summed E-state index contributed by atoms with van der Waals surface area (Å²) in [7, 11) is 0. The van der Waals surface area contributed by atoms with Crippen LogP contribution in [-0.4, -0.2) is 24.4 Å². The molecule has 0 spiro atoms. The molecule has 0 saturated carbocycles. The van der Waals surface area contributed by atoms with E-state index in [9.17, 15) is 14.4 Å². The number of hydrazine groups is 1. The van der Waals surface area contributed by atoms with Gasteiger partial charge in [0, 0.05) is 0 Å². The van der Waals surface area contributed by atoms with Gasteiger partial charge in [-0.05, 0) is 70.4 Å². The topological polar surface area (TPSA) is 75.7 Å². The molecular weight excluding hydrogens is 416 g/mol. The first-order valence-corrected chi connectivity index (χ1v) is 10.6. The van der Waals surface area contributed by atoms with Crippen LogP contribution in [0.3, 0.4) is 0 Å². The molecule has 33 heavy (non-hydrogen) atoms. The van der Waals surface area contributed by atoms with E-state index in [1.165, 1.54) is 5.01 Å². The molecule has 0 aliphatic carbocycles. The first-order chi connectivity index (χ1) is 16.1. The Bertz CT molecular complexity index is 1400. The Morgan fingerprint density at radius 2 is 1.52 bits per heavy atom. The van der Waals surface area contributed by atoms with E-state index in [-0.39, 0.29) is 12.2 Å². The lowest BCUT2D eigenvalue weighted by Crippen LogP contribution is -2.35. The fourth-order valence-electron chi connectivity index (χ4n) is 4.05. The molecule has 1 N–H and O–H groups in total. The molecule has 162 valence electrons. The number of carbonyl (C=O) groups excluding carboxylic acids is 3. The van der Waals surface area contributed by atoms with Crippen molar-refractivity contribution in [3.05, 3.63) is 95.6 Å². The van der Waals surface area contributed by atoms with Crippen molar-refractivity contribution in [3.8, 4) is 0 Å². The molecule has 0 unspecified atom stereocenters. The van der Waals surface area contributed by atoms with Crippen molar-refractivity contribution in [1.29, 1.82) is 0 Å². The number of benzene rings is 4. The fraction of sp³-hybridized carbons (Fsp3) is 0.0741. The smallest absolute Gasteiger partial charge is 0.338 e. The standard InChI is InChI=1S/C27H20N2O4/c1-2-33-27(32)17-11-13-20(14-12-17)29-26(31)24(25(30)28-29)16-23-21-9-5-3-7-18(21)15-19-8-4-6-10-22(19)23/h3-16H,2H2,1H3,(H,28,30). The van der Waals surface area contributed by atoms with Crippen LogP contribution in [0.25, 0.3) is 27.6 Å². The predicted octanol–water partition coefficient (Wildman–Crippen LogP) is 4.63. The monoisotopic (exact) mass is 436 g/mol. The highest BCUT2D eigenvalue weighted by Crippen LogP contribution is 2.31. The summed E-state index contributed by atoms with van der Waals surface area (Å²) in [4.78, 5) is 37.9. The minimum atomic E-state index is -0.480. The molecule has 4 aromatic rings. The van der Waals surface area contributed by atoms with E-state index in [4.69, 9.17) is 4.74 Å². The van der Waals surface area contributed by atoms with Crippen LogP contribution in [-0.2, 0) is 14.3 Å². The first-order valence-electron chi connectivity index (χ1n) is 10.6. The van der Waals surface area contributed by atoms with Crippen LogP contribution < -0.4 is 10.4 Å². The molecular formula is C27H20N2O4. The third-order valence-corrected chi connectivity index (χ3v) is 5.63. The average molecular weight is 436 g/mol. The average Bonchev–Trinajstić information content (AvgIpc) is 3.12. The maximum Gasteiger partial charge on any atom is 0.338 e. The third-order valence-electron chi connectivity index (χ3n) is 5.63. The summed E-state index contributed by atoms with van der Waals surface area (Å²) in [6, 6.07) is 24.2. The summed E-state index contributed by atoms with van der Waals surface area (Å²) in [5, 5.41) is 5.17. The summed E-state index contributed by atoms with van der Waals surface area (Å²) in [6.07, 6.45) is 1.66. The quantitative estimate of drug-likeness (QED) is 0.219. The number of nitrogens with zero attached hydrogens (tertiary/aromatic N) is 1. The van der Waals surface area contributed by atoms with E-state index in [1.54, 1.807) is 37.3 Å². The zero-order valence-electron chi connectivity index (χ0n) is 17.9. The SMILES string of the molecule is CCOC(=O)c1ccc(N2NC(=O)C(=Cc3c4ccccc4cc4ccccc34)C2=O)cc1. The Labute approximate surface area is 190 Å². The molecule has 6 heteroatoms. The van der Waals surface area contributed by atoms with Gasteiger partial charge in [0.15, 0.2) is 0 Å². The largest absolute Gasteiger partial charge is 0.462 e. The van der Waals surface area contributed by atoms with Gasteiger partial charge in [0.25, 0.3) is 11.8 Å². The summed E-state index contributed by atoms with van der Waals surface area (Å²) in [5.74, 6) is -1.38. The van der Waals surface area contributed by atoms with Gasteiger partial charge in [0.2, 0.25) is 0 Å². The molecule has 1 heterocycles. The highest BCUT2D eigenvalue weighted by atomic mass is 16.5. The molecule has 5 rings (SSSR count). The number of hydrogen-bond acceptors (Lipinski definition) is 4. The van der Waals surface area contributed by atoms with Crippen molar-refractivity contribution in [1.82, 2.24) is 5.43 Å². The number of rotatable bonds is 4. The summed E-state index contributed by atoms with van der Waals surface area (Å²) < 4.78 is 4.99. The number of carbonyl (C=O) groups is 3. The van der Waals surface area contributed by atoms with Gasteiger partial charge < -0.3 is 4.74 Å². The number of anilines is 1. The molecule has 1 aliphatic rings. The maximum absolute atomic E-state index is 13.2. The van der Waals surface area contributed by atoms with Crippen molar-refractivity contribution in [3.63, 3.8) is 0 Å². The molecule has 0 atom stereocenters. The summed E-state index contributed by atoms with van der Waals surface area (Å²) >= 11 is 0. The van der Waals surface area contributed by atoms with Gasteiger partial charge >= 0.3 is 5.97 Å². The van der Waals surface area contributed by atoms with Crippen LogP contribution >= 0.6 is 0 Å². The summed E-state index contributed by atoms with van der Waals surface area (Å²) in [5.41, 5.74) is 4.31. The highest BCUT2D eigenvalue weighted by Gasteiger charge is 2.34. The number of amides is 2. The Hall–Kier alpha value is -4.45. The maximum atomic E-state index is 13.2. The van der Waals surface area contributed by atoms with Gasteiger partial charge in [-0.25, -0.2) is 9.80 Å². The molecule has 1 fully saturated rings. The van der Waals surface area contributed by atoms with Crippen LogP contribution in [0.15, 0.2) is 84.4 Å². The van der Waals surface area contributed by atoms with Gasteiger partial charge in [-0.1, -0.05) is 48.5 Å². The minimum Gasteiger partial charge on any atom is -0.462 e. The van der Waals surface area contributed by atoms with E-state index in [2.05, 4.69) is 11.5 Å². The zero-order chi connectivity index (χ0) is 22.9. The van der Waals surface area contributed by atoms with Crippen LogP contribution in [0, 0.1) is 0 Å². The Morgan fingerprint density at radius 3 is 2.12 bits per heavy atom. The van der Waals surface area contributed by atoms with Gasteiger partial charge in [-0.2, -0.15) is 0 Å². The first kappa shape index (κ1) is 20.5. The van der Waals surface area contributed by atoms with Crippen molar-refractivity contribution in [2.24, 2.45) is 0 Å². The zero-order valence-corrected chi connectivity index (χ0v) is 17.9. The molecule has 0 aromatic heterocycles. The number of fused-ring (bicyclic) bond motifs is 2. The Morgan fingerprint density at radius 1 is 0.909 bits per heavy atom. The third kappa shape index (κ3) is 3.61. The fourth-order valence-corrected chi connectivity index (χ4v) is 4.05. The Balaban J connectivity index is 1.55. The van der Waals surface area contributed by atoms with E-state index in [0.29, 0.717) is 11.3 Å². The Kier molecular flexibility index (Phi) is 5.11. The van der Waals surface area contributed by atoms with Crippen LogP contribution in [0.2, 0.25) is 0 Å². The lowest BCUT2D eigenvalue weighted by Gasteiger charge is -2.15. The van der Waals surface area contributed by atoms with Gasteiger partial charge in [-0.3, -0.25) is 15.0 Å². The summed E-state index contributed by atoms with van der Waals surface area (Å²) in [6.45, 7) is 2.01. The molecule has 0 bridgehead atoms. The van der Waals surface area contributed by atoms with E-state index < -0.39 is 17.8 Å². The molecule has 1 aliphatic heterocycles. The van der Waals surface area contributed by atoms with Gasteiger partial charge in [0.05, 0.1) is 17.9 Å². The molecule has 1 saturated heterocycles. The van der Waals surface area contributed by atoms with Gasteiger partial charge in [-0.15, -0.1) is 0 Å². The second-order valence-electron chi connectivity index (χ2n) is 7.64. The lowest BCUT2D eigenvalue weighted by atomic mass is 9.95. The van der Waals surface area contributed by atoms with Crippen molar-refractivity contribution < 1.29 is 19.1 Å². The van der Waals surface area contributed by atoms with E-state index >= 15 is 0 Å². The van der Waals surface area contributed by atoms with Crippen molar-refractivity contribution in [2.75, 3.05) is 11.6 Å². The van der Waals surface area contributed by atoms with E-state index in [0.717, 1.165) is 27.1 Å². The van der Waals surface area contributed by atoms with Crippen LogP contribution in [0.5, 0.6) is 0 Å². The number of ether oxygens (including phenoxy) is 1. The van der Waals surface area contributed by atoms with E-state index in [1.807, 2.05) is 48.5 Å². The minimum absolute atomic E-state index is 0.0472.